The van der Waals surface area contributed by atoms with Crippen molar-refractivity contribution in [3.05, 3.63) is 100 Å². The largest absolute Gasteiger partial charge is 0.496 e. The number of para-hydroxylation sites is 1. The summed E-state index contributed by atoms with van der Waals surface area (Å²) >= 11 is 3.44. The molecule has 1 aliphatic heterocycles. The van der Waals surface area contributed by atoms with Crippen molar-refractivity contribution in [2.75, 3.05) is 7.11 Å². The van der Waals surface area contributed by atoms with Crippen LogP contribution in [0, 0.1) is 6.92 Å². The minimum Gasteiger partial charge on any atom is -0.496 e. The predicted octanol–water partition coefficient (Wildman–Crippen LogP) is 5.06. The van der Waals surface area contributed by atoms with E-state index in [0.717, 1.165) is 21.2 Å². The highest BCUT2D eigenvalue weighted by Crippen LogP contribution is 2.39. The van der Waals surface area contributed by atoms with E-state index in [-0.39, 0.29) is 4.90 Å². The summed E-state index contributed by atoms with van der Waals surface area (Å²) in [7, 11) is -2.24. The molecule has 3 aromatic carbocycles. The molecule has 1 aliphatic rings. The smallest absolute Gasteiger partial charge is 0.260 e. The number of nitrogens with zero attached hydrogens (tertiary/aromatic N) is 1. The quantitative estimate of drug-likeness (QED) is 0.549. The van der Waals surface area contributed by atoms with Gasteiger partial charge in [0.1, 0.15) is 5.75 Å². The fourth-order valence-electron chi connectivity index (χ4n) is 3.40. The van der Waals surface area contributed by atoms with E-state index in [1.54, 1.807) is 31.4 Å². The van der Waals surface area contributed by atoms with E-state index >= 15 is 0 Å². The number of halogens is 1. The van der Waals surface area contributed by atoms with Crippen molar-refractivity contribution in [3.63, 3.8) is 0 Å². The second kappa shape index (κ2) is 8.26. The van der Waals surface area contributed by atoms with Gasteiger partial charge in [-0.05, 0) is 48.9 Å². The number of aryl methyl sites for hydroxylation is 1. The molecule has 7 heteroatoms. The topological polar surface area (TPSA) is 58.6 Å². The van der Waals surface area contributed by atoms with Crippen LogP contribution in [0.2, 0.25) is 0 Å². The third-order valence-electron chi connectivity index (χ3n) is 5.00. The molecular formula is C23H21BrN2O3S. The molecule has 0 bridgehead atoms. The van der Waals surface area contributed by atoms with Gasteiger partial charge < -0.3 is 10.2 Å². The Kier molecular flexibility index (Phi) is 5.69. The zero-order valence-electron chi connectivity index (χ0n) is 16.5. The maximum absolute atomic E-state index is 13.5. The number of hydrazine groups is 1. The zero-order valence-corrected chi connectivity index (χ0v) is 18.9. The Balaban J connectivity index is 1.82. The molecule has 3 aromatic rings. The van der Waals surface area contributed by atoms with Crippen LogP contribution in [0.5, 0.6) is 5.75 Å². The Morgan fingerprint density at radius 3 is 2.30 bits per heavy atom. The van der Waals surface area contributed by atoms with E-state index in [0.29, 0.717) is 11.4 Å². The third-order valence-corrected chi connectivity index (χ3v) is 7.23. The predicted molar refractivity (Wildman–Crippen MR) is 121 cm³/mol. The SMILES string of the molecule is COc1ccccc1[C@H]1C=C(c2ccc(Br)cc2)NN1S(=O)(=O)c1ccc(C)cc1. The summed E-state index contributed by atoms with van der Waals surface area (Å²) in [4.78, 5) is 0.228. The molecule has 0 spiro atoms. The van der Waals surface area contributed by atoms with Crippen molar-refractivity contribution in [2.45, 2.75) is 17.9 Å². The molecule has 30 heavy (non-hydrogen) atoms. The lowest BCUT2D eigenvalue weighted by molar-refractivity contribution is 0.335. The number of methoxy groups -OCH3 is 1. The van der Waals surface area contributed by atoms with E-state index in [4.69, 9.17) is 4.74 Å². The lowest BCUT2D eigenvalue weighted by Crippen LogP contribution is -2.39. The molecule has 1 atom stereocenters. The van der Waals surface area contributed by atoms with E-state index in [1.165, 1.54) is 4.41 Å². The summed E-state index contributed by atoms with van der Waals surface area (Å²) in [5, 5.41) is 0. The van der Waals surface area contributed by atoms with Crippen LogP contribution in [-0.4, -0.2) is 19.9 Å². The third kappa shape index (κ3) is 3.88. The first-order valence-corrected chi connectivity index (χ1v) is 11.6. The highest BCUT2D eigenvalue weighted by atomic mass is 79.9. The van der Waals surface area contributed by atoms with Crippen LogP contribution < -0.4 is 10.2 Å². The Bertz CT molecular complexity index is 1190. The summed E-state index contributed by atoms with van der Waals surface area (Å²) in [5.74, 6) is 0.627. The van der Waals surface area contributed by atoms with Gasteiger partial charge in [-0.3, -0.25) is 0 Å². The molecule has 0 aliphatic carbocycles. The molecule has 0 fully saturated rings. The summed E-state index contributed by atoms with van der Waals surface area (Å²) < 4.78 is 34.8. The van der Waals surface area contributed by atoms with Gasteiger partial charge >= 0.3 is 0 Å². The summed E-state index contributed by atoms with van der Waals surface area (Å²) in [5.41, 5.74) is 6.48. The number of benzene rings is 3. The van der Waals surface area contributed by atoms with Gasteiger partial charge in [-0.15, -0.1) is 4.41 Å². The number of ether oxygens (including phenoxy) is 1. The molecule has 1 N–H and O–H groups in total. The average molecular weight is 485 g/mol. The van der Waals surface area contributed by atoms with Crippen LogP contribution in [0.1, 0.15) is 22.7 Å². The number of nitrogens with one attached hydrogen (secondary N) is 1. The first-order chi connectivity index (χ1) is 14.4. The Morgan fingerprint density at radius 2 is 1.63 bits per heavy atom. The van der Waals surface area contributed by atoms with Gasteiger partial charge in [0.05, 0.1) is 23.7 Å². The van der Waals surface area contributed by atoms with Crippen LogP contribution in [0.15, 0.2) is 88.2 Å². The summed E-state index contributed by atoms with van der Waals surface area (Å²) in [6.45, 7) is 1.93. The van der Waals surface area contributed by atoms with Crippen molar-refractivity contribution >= 4 is 31.7 Å². The van der Waals surface area contributed by atoms with Gasteiger partial charge in [0.25, 0.3) is 10.0 Å². The van der Waals surface area contributed by atoms with Gasteiger partial charge in [0.15, 0.2) is 0 Å². The van der Waals surface area contributed by atoms with Gasteiger partial charge in [0.2, 0.25) is 0 Å². The molecule has 1 heterocycles. The number of sulfonamides is 1. The van der Waals surface area contributed by atoms with Crippen molar-refractivity contribution in [3.8, 4) is 5.75 Å². The molecule has 0 saturated heterocycles. The molecule has 0 radical (unpaired) electrons. The van der Waals surface area contributed by atoms with E-state index in [9.17, 15) is 8.42 Å². The van der Waals surface area contributed by atoms with Crippen molar-refractivity contribution in [1.29, 1.82) is 0 Å². The minimum absolute atomic E-state index is 0.228. The number of rotatable bonds is 5. The Morgan fingerprint density at radius 1 is 0.967 bits per heavy atom. The van der Waals surface area contributed by atoms with E-state index in [2.05, 4.69) is 21.4 Å². The minimum atomic E-state index is -3.82. The van der Waals surface area contributed by atoms with Crippen LogP contribution >= 0.6 is 15.9 Å². The Hall–Kier alpha value is -2.61. The van der Waals surface area contributed by atoms with Crippen LogP contribution in [0.3, 0.4) is 0 Å². The van der Waals surface area contributed by atoms with Gasteiger partial charge in [-0.2, -0.15) is 0 Å². The first-order valence-electron chi connectivity index (χ1n) is 9.38. The second-order valence-corrected chi connectivity index (χ2v) is 9.73. The fraction of sp³-hybridized carbons (Fsp3) is 0.130. The molecule has 0 saturated carbocycles. The maximum atomic E-state index is 13.5. The molecule has 154 valence electrons. The standard InChI is InChI=1S/C23H21BrN2O3S/c1-16-7-13-19(14-8-16)30(27,28)26-22(20-5-3-4-6-23(20)29-2)15-21(25-26)17-9-11-18(24)12-10-17/h3-15,22,25H,1-2H3/t22-/m1/s1. The lowest BCUT2D eigenvalue weighted by atomic mass is 10.0. The van der Waals surface area contributed by atoms with Gasteiger partial charge in [0, 0.05) is 10.0 Å². The Labute approximate surface area is 185 Å². The highest BCUT2D eigenvalue weighted by Gasteiger charge is 2.38. The molecule has 4 rings (SSSR count). The van der Waals surface area contributed by atoms with Gasteiger partial charge in [-0.1, -0.05) is 64.0 Å². The molecule has 0 unspecified atom stereocenters. The van der Waals surface area contributed by atoms with Crippen LogP contribution in [0.25, 0.3) is 5.70 Å². The zero-order chi connectivity index (χ0) is 21.3. The maximum Gasteiger partial charge on any atom is 0.260 e. The average Bonchev–Trinajstić information content (AvgIpc) is 3.21. The lowest BCUT2D eigenvalue weighted by Gasteiger charge is -2.26. The monoisotopic (exact) mass is 484 g/mol. The van der Waals surface area contributed by atoms with Crippen LogP contribution in [0.4, 0.5) is 0 Å². The van der Waals surface area contributed by atoms with E-state index in [1.807, 2.05) is 61.5 Å². The normalized spacial score (nSPS) is 16.8. The number of hydrogen-bond acceptors (Lipinski definition) is 4. The fourth-order valence-corrected chi connectivity index (χ4v) is 5.07. The number of hydrogen-bond donors (Lipinski definition) is 1. The summed E-state index contributed by atoms with van der Waals surface area (Å²) in [6.07, 6.45) is 1.91. The van der Waals surface area contributed by atoms with Crippen molar-refractivity contribution in [2.24, 2.45) is 0 Å². The highest BCUT2D eigenvalue weighted by molar-refractivity contribution is 9.10. The summed E-state index contributed by atoms with van der Waals surface area (Å²) in [6, 6.07) is 21.4. The van der Waals surface area contributed by atoms with E-state index < -0.39 is 16.1 Å². The molecule has 5 nitrogen and oxygen atoms in total. The molecular weight excluding hydrogens is 464 g/mol. The first kappa shape index (κ1) is 20.7. The van der Waals surface area contributed by atoms with Crippen molar-refractivity contribution in [1.82, 2.24) is 9.84 Å². The molecule has 0 amide bonds. The van der Waals surface area contributed by atoms with Crippen LogP contribution in [-0.2, 0) is 10.0 Å². The van der Waals surface area contributed by atoms with Crippen molar-refractivity contribution < 1.29 is 13.2 Å². The molecule has 0 aromatic heterocycles. The van der Waals surface area contributed by atoms with Gasteiger partial charge in [-0.25, -0.2) is 8.42 Å². The second-order valence-electron chi connectivity index (χ2n) is 7.00.